The average molecular weight is 495 g/mol. The van der Waals surface area contributed by atoms with Crippen LogP contribution in [0.25, 0.3) is 0 Å². The van der Waals surface area contributed by atoms with Gasteiger partial charge in [0, 0.05) is 55.5 Å². The molecule has 2 N–H and O–H groups in total. The quantitative estimate of drug-likeness (QED) is 0.231. The maximum Gasteiger partial charge on any atom is 0.520 e. The van der Waals surface area contributed by atoms with E-state index in [1.54, 1.807) is 0 Å². The molecule has 32 heavy (non-hydrogen) atoms. The van der Waals surface area contributed by atoms with Gasteiger partial charge in [0.15, 0.2) is 0 Å². The lowest BCUT2D eigenvalue weighted by atomic mass is 9.82. The van der Waals surface area contributed by atoms with Crippen molar-refractivity contribution in [3.8, 4) is 0 Å². The molecular formula is C20H42N2O8Si2. The highest BCUT2D eigenvalue weighted by Crippen LogP contribution is 2.30. The molecule has 0 saturated carbocycles. The molecule has 0 heterocycles. The lowest BCUT2D eigenvalue weighted by molar-refractivity contribution is -0.121. The second-order valence-corrected chi connectivity index (χ2v) is 14.0. The first-order valence-electron chi connectivity index (χ1n) is 10.5. The van der Waals surface area contributed by atoms with E-state index in [-0.39, 0.29) is 42.4 Å². The van der Waals surface area contributed by atoms with Crippen molar-refractivity contribution in [2.45, 2.75) is 46.5 Å². The van der Waals surface area contributed by atoms with Crippen molar-refractivity contribution in [1.82, 2.24) is 10.6 Å². The van der Waals surface area contributed by atoms with E-state index < -0.39 is 17.6 Å². The van der Waals surface area contributed by atoms with Crippen molar-refractivity contribution >= 4 is 29.4 Å². The molecule has 0 aliphatic carbocycles. The second kappa shape index (κ2) is 14.9. The Morgan fingerprint density at radius 3 is 1.56 bits per heavy atom. The molecule has 0 rings (SSSR count). The Bertz CT molecular complexity index is 592. The largest absolute Gasteiger partial charge is 0.520 e. The van der Waals surface area contributed by atoms with Crippen LogP contribution in [0.3, 0.4) is 0 Å². The van der Waals surface area contributed by atoms with Crippen LogP contribution in [0.2, 0.25) is 0 Å². The molecule has 0 aliphatic heterocycles. The van der Waals surface area contributed by atoms with Crippen LogP contribution < -0.4 is 10.6 Å². The highest BCUT2D eigenvalue weighted by atomic mass is 28.4. The van der Waals surface area contributed by atoms with Gasteiger partial charge in [0.2, 0.25) is 11.8 Å². The predicted molar refractivity (Wildman–Crippen MR) is 126 cm³/mol. The number of amides is 2. The molecule has 10 nitrogen and oxygen atoms in total. The van der Waals surface area contributed by atoms with E-state index in [1.165, 1.54) is 42.7 Å². The number of hydrogen-bond acceptors (Lipinski definition) is 8. The SMILES string of the molecule is CCC(C)(C)C/C(=C/CC(=O)NC[Si](OC)(OC)OC)CC(=O)NC[Si](OC)(OC)OC. The fraction of sp³-hybridized carbons (Fsp3) is 0.800. The monoisotopic (exact) mass is 494 g/mol. The lowest BCUT2D eigenvalue weighted by Gasteiger charge is -2.26. The van der Waals surface area contributed by atoms with Gasteiger partial charge in [0.05, 0.1) is 12.3 Å². The van der Waals surface area contributed by atoms with Crippen molar-refractivity contribution in [2.24, 2.45) is 5.41 Å². The Morgan fingerprint density at radius 1 is 0.781 bits per heavy atom. The molecule has 12 heteroatoms. The minimum atomic E-state index is -2.91. The zero-order chi connectivity index (χ0) is 24.8. The van der Waals surface area contributed by atoms with Gasteiger partial charge >= 0.3 is 17.6 Å². The molecule has 0 atom stereocenters. The predicted octanol–water partition coefficient (Wildman–Crippen LogP) is 1.59. The van der Waals surface area contributed by atoms with Crippen molar-refractivity contribution in [3.05, 3.63) is 11.6 Å². The molecule has 0 aromatic carbocycles. The van der Waals surface area contributed by atoms with E-state index in [0.717, 1.165) is 12.0 Å². The first-order valence-corrected chi connectivity index (χ1v) is 14.4. The summed E-state index contributed by atoms with van der Waals surface area (Å²) in [6.45, 7) is 6.37. The lowest BCUT2D eigenvalue weighted by Crippen LogP contribution is -2.53. The van der Waals surface area contributed by atoms with E-state index in [0.29, 0.717) is 6.42 Å². The standard InChI is InChI=1S/C20H42N2O8Si2/c1-10-20(2,3)14-17(13-19(24)22-16-32(28-7,29-8)30-9)11-12-18(23)21-15-31(25-4,26-5)27-6/h11H,10,12-16H2,1-9H3,(H,21,23)(H,22,24)/b17-11+. The molecule has 0 saturated heterocycles. The fourth-order valence-corrected chi connectivity index (χ4v) is 5.56. The van der Waals surface area contributed by atoms with Crippen molar-refractivity contribution < 1.29 is 36.1 Å². The van der Waals surface area contributed by atoms with E-state index in [9.17, 15) is 9.59 Å². The maximum absolute atomic E-state index is 12.6. The van der Waals surface area contributed by atoms with Gasteiger partial charge in [-0.15, -0.1) is 0 Å². The van der Waals surface area contributed by atoms with Gasteiger partial charge in [0.1, 0.15) is 0 Å². The molecule has 0 aromatic rings. The van der Waals surface area contributed by atoms with Crippen LogP contribution >= 0.6 is 0 Å². The zero-order valence-electron chi connectivity index (χ0n) is 21.1. The number of hydrogen-bond donors (Lipinski definition) is 2. The highest BCUT2D eigenvalue weighted by Gasteiger charge is 2.39. The summed E-state index contributed by atoms with van der Waals surface area (Å²) in [6.07, 6.45) is 4.08. The van der Waals surface area contributed by atoms with Crippen LogP contribution in [0.1, 0.15) is 46.5 Å². The summed E-state index contributed by atoms with van der Waals surface area (Å²) in [5, 5.41) is 5.62. The van der Waals surface area contributed by atoms with Crippen molar-refractivity contribution in [3.63, 3.8) is 0 Å². The molecule has 188 valence electrons. The van der Waals surface area contributed by atoms with Crippen LogP contribution in [0.4, 0.5) is 0 Å². The maximum atomic E-state index is 12.6. The van der Waals surface area contributed by atoms with Gasteiger partial charge in [-0.2, -0.15) is 0 Å². The highest BCUT2D eigenvalue weighted by molar-refractivity contribution is 6.61. The minimum absolute atomic E-state index is 0.00307. The van der Waals surface area contributed by atoms with Gasteiger partial charge in [-0.25, -0.2) is 0 Å². The van der Waals surface area contributed by atoms with Crippen LogP contribution in [0.5, 0.6) is 0 Å². The van der Waals surface area contributed by atoms with E-state index in [4.69, 9.17) is 26.6 Å². The van der Waals surface area contributed by atoms with E-state index in [1.807, 2.05) is 6.08 Å². The second-order valence-electron chi connectivity index (χ2n) is 8.08. The summed E-state index contributed by atoms with van der Waals surface area (Å²) in [6, 6.07) is 0. The normalized spacial score (nSPS) is 13.2. The molecule has 0 spiro atoms. The molecule has 0 aromatic heterocycles. The number of nitrogens with one attached hydrogen (secondary N) is 2. The van der Waals surface area contributed by atoms with Crippen LogP contribution in [0.15, 0.2) is 11.6 Å². The Labute approximate surface area is 195 Å². The summed E-state index contributed by atoms with van der Waals surface area (Å²) >= 11 is 0. The Balaban J connectivity index is 5.16. The summed E-state index contributed by atoms with van der Waals surface area (Å²) < 4.78 is 31.9. The third-order valence-electron chi connectivity index (χ3n) is 5.50. The topological polar surface area (TPSA) is 114 Å². The van der Waals surface area contributed by atoms with Crippen LogP contribution in [0, 0.1) is 5.41 Å². The van der Waals surface area contributed by atoms with Gasteiger partial charge in [-0.3, -0.25) is 9.59 Å². The summed E-state index contributed by atoms with van der Waals surface area (Å²) in [5.74, 6) is -0.388. The van der Waals surface area contributed by atoms with Gasteiger partial charge in [0.25, 0.3) is 0 Å². The third-order valence-corrected chi connectivity index (χ3v) is 10.4. The van der Waals surface area contributed by atoms with Crippen LogP contribution in [-0.2, 0) is 36.1 Å². The van der Waals surface area contributed by atoms with Crippen molar-refractivity contribution in [2.75, 3.05) is 55.0 Å². The molecule has 0 radical (unpaired) electrons. The Morgan fingerprint density at radius 2 is 1.19 bits per heavy atom. The van der Waals surface area contributed by atoms with Gasteiger partial charge in [-0.05, 0) is 11.8 Å². The number of carbonyl (C=O) groups excluding carboxylic acids is 2. The summed E-state index contributed by atoms with van der Waals surface area (Å²) in [5.41, 5.74) is 0.884. The van der Waals surface area contributed by atoms with E-state index in [2.05, 4.69) is 31.4 Å². The fourth-order valence-electron chi connectivity index (χ4n) is 2.87. The van der Waals surface area contributed by atoms with Crippen molar-refractivity contribution in [1.29, 1.82) is 0 Å². The Kier molecular flexibility index (Phi) is 14.4. The number of rotatable bonds is 17. The molecule has 0 unspecified atom stereocenters. The summed E-state index contributed by atoms with van der Waals surface area (Å²) in [4.78, 5) is 25.0. The van der Waals surface area contributed by atoms with Crippen LogP contribution in [-0.4, -0.2) is 84.4 Å². The molecule has 0 fully saturated rings. The average Bonchev–Trinajstić information content (AvgIpc) is 2.80. The smallest absolute Gasteiger partial charge is 0.376 e. The zero-order valence-corrected chi connectivity index (χ0v) is 23.1. The molecular weight excluding hydrogens is 452 g/mol. The minimum Gasteiger partial charge on any atom is -0.376 e. The van der Waals surface area contributed by atoms with Gasteiger partial charge < -0.3 is 37.2 Å². The third kappa shape index (κ3) is 10.7. The summed E-state index contributed by atoms with van der Waals surface area (Å²) in [7, 11) is 3.14. The molecule has 0 aliphatic rings. The molecule has 2 amide bonds. The first-order chi connectivity index (χ1) is 15.0. The Hall–Kier alpha value is -1.13. The van der Waals surface area contributed by atoms with E-state index >= 15 is 0 Å². The molecule has 0 bridgehead atoms. The number of carbonyl (C=O) groups is 2. The van der Waals surface area contributed by atoms with Gasteiger partial charge in [-0.1, -0.05) is 38.8 Å². The first kappa shape index (κ1) is 30.9.